The highest BCUT2D eigenvalue weighted by molar-refractivity contribution is 5.67. The molecule has 4 heteroatoms. The third kappa shape index (κ3) is 2.42. The summed E-state index contributed by atoms with van der Waals surface area (Å²) in [5.41, 5.74) is 0.625. The maximum absolute atomic E-state index is 13.6. The molecule has 0 bridgehead atoms. The fourth-order valence-electron chi connectivity index (χ4n) is 1.63. The summed E-state index contributed by atoms with van der Waals surface area (Å²) in [6.45, 7) is 0. The Morgan fingerprint density at radius 2 is 1.56 bits per heavy atom. The van der Waals surface area contributed by atoms with E-state index < -0.39 is 11.6 Å². The van der Waals surface area contributed by atoms with E-state index in [9.17, 15) is 8.78 Å². The zero-order valence-electron chi connectivity index (χ0n) is 9.96. The molecule has 2 rings (SSSR count). The summed E-state index contributed by atoms with van der Waals surface area (Å²) in [5.74, 6) is -0.145. The predicted molar refractivity (Wildman–Crippen MR) is 63.7 cm³/mol. The van der Waals surface area contributed by atoms with Crippen LogP contribution < -0.4 is 9.47 Å². The number of benzene rings is 2. The van der Waals surface area contributed by atoms with Crippen molar-refractivity contribution in [1.29, 1.82) is 0 Å². The maximum Gasteiger partial charge on any atom is 0.131 e. The molecule has 0 aliphatic heterocycles. The highest BCUT2D eigenvalue weighted by Crippen LogP contribution is 2.31. The minimum atomic E-state index is -0.617. The molecule has 0 fully saturated rings. The zero-order chi connectivity index (χ0) is 13.1. The molecule has 0 spiro atoms. The van der Waals surface area contributed by atoms with Gasteiger partial charge >= 0.3 is 0 Å². The van der Waals surface area contributed by atoms with Crippen LogP contribution in [0.25, 0.3) is 11.1 Å². The molecule has 0 amide bonds. The minimum absolute atomic E-state index is 0.142. The van der Waals surface area contributed by atoms with Gasteiger partial charge in [-0.1, -0.05) is 0 Å². The second-order valence-corrected chi connectivity index (χ2v) is 3.64. The van der Waals surface area contributed by atoms with E-state index in [1.54, 1.807) is 18.2 Å². The lowest BCUT2D eigenvalue weighted by molar-refractivity contribution is 0.394. The summed E-state index contributed by atoms with van der Waals surface area (Å²) in [6, 6.07) is 9.10. The normalized spacial score (nSPS) is 10.2. The van der Waals surface area contributed by atoms with Crippen LogP contribution in [0.5, 0.6) is 11.5 Å². The lowest BCUT2D eigenvalue weighted by Crippen LogP contribution is -1.91. The number of hydrogen-bond donors (Lipinski definition) is 0. The van der Waals surface area contributed by atoms with Gasteiger partial charge in [0, 0.05) is 17.7 Å². The van der Waals surface area contributed by atoms with E-state index in [2.05, 4.69) is 6.07 Å². The van der Waals surface area contributed by atoms with Crippen LogP contribution in [0.15, 0.2) is 30.3 Å². The largest absolute Gasteiger partial charge is 0.497 e. The molecular formula is C14H11F2O2. The quantitative estimate of drug-likeness (QED) is 0.829. The summed E-state index contributed by atoms with van der Waals surface area (Å²) in [6.07, 6.45) is 0. The average molecular weight is 249 g/mol. The van der Waals surface area contributed by atoms with Gasteiger partial charge in [-0.15, -0.1) is 0 Å². The number of hydrogen-bond acceptors (Lipinski definition) is 2. The van der Waals surface area contributed by atoms with E-state index in [0.29, 0.717) is 17.1 Å². The first kappa shape index (κ1) is 12.4. The Morgan fingerprint density at radius 3 is 2.11 bits per heavy atom. The lowest BCUT2D eigenvalue weighted by atomic mass is 10.0. The number of rotatable bonds is 3. The molecule has 0 unspecified atom stereocenters. The third-order valence-corrected chi connectivity index (χ3v) is 2.53. The molecule has 2 aromatic rings. The Morgan fingerprint density at radius 1 is 0.944 bits per heavy atom. The average Bonchev–Trinajstić information content (AvgIpc) is 2.40. The molecule has 0 aromatic heterocycles. The second-order valence-electron chi connectivity index (χ2n) is 3.64. The molecule has 18 heavy (non-hydrogen) atoms. The molecule has 93 valence electrons. The van der Waals surface area contributed by atoms with Gasteiger partial charge in [0.1, 0.15) is 23.1 Å². The molecule has 2 nitrogen and oxygen atoms in total. The van der Waals surface area contributed by atoms with Gasteiger partial charge in [0.05, 0.1) is 14.2 Å². The molecule has 1 radical (unpaired) electrons. The zero-order valence-corrected chi connectivity index (χ0v) is 9.96. The highest BCUT2D eigenvalue weighted by Gasteiger charge is 2.10. The standard InChI is InChI=1S/C14H11F2O2/c1-17-11-5-9(6-12(8-11)18-2)13-7-10(15)3-4-14(13)16/h4-8H,1-2H3. The van der Waals surface area contributed by atoms with Gasteiger partial charge in [0.25, 0.3) is 0 Å². The van der Waals surface area contributed by atoms with Crippen molar-refractivity contribution < 1.29 is 18.3 Å². The molecule has 2 aromatic carbocycles. The van der Waals surface area contributed by atoms with Gasteiger partial charge in [0.2, 0.25) is 0 Å². The second kappa shape index (κ2) is 5.04. The fourth-order valence-corrected chi connectivity index (χ4v) is 1.63. The summed E-state index contributed by atoms with van der Waals surface area (Å²) in [7, 11) is 2.99. The van der Waals surface area contributed by atoms with Crippen LogP contribution in [0.2, 0.25) is 0 Å². The van der Waals surface area contributed by atoms with Crippen molar-refractivity contribution in [2.45, 2.75) is 0 Å². The SMILES string of the molecule is COc1cc(OC)cc(-c2cc(F)[c]cc2F)c1. The Kier molecular flexibility index (Phi) is 3.46. The Balaban J connectivity index is 2.58. The van der Waals surface area contributed by atoms with E-state index in [0.717, 1.165) is 12.1 Å². The van der Waals surface area contributed by atoms with Crippen molar-refractivity contribution in [1.82, 2.24) is 0 Å². The van der Waals surface area contributed by atoms with Crippen LogP contribution >= 0.6 is 0 Å². The van der Waals surface area contributed by atoms with Crippen LogP contribution in [0, 0.1) is 17.7 Å². The molecule has 0 saturated carbocycles. The topological polar surface area (TPSA) is 18.5 Å². The van der Waals surface area contributed by atoms with Gasteiger partial charge in [-0.05, 0) is 29.8 Å². The number of methoxy groups -OCH3 is 2. The van der Waals surface area contributed by atoms with Crippen LogP contribution in [0.4, 0.5) is 8.78 Å². The van der Waals surface area contributed by atoms with Crippen LogP contribution in [-0.4, -0.2) is 14.2 Å². The Bertz CT molecular complexity index is 545. The van der Waals surface area contributed by atoms with Crippen LogP contribution in [0.3, 0.4) is 0 Å². The minimum Gasteiger partial charge on any atom is -0.497 e. The van der Waals surface area contributed by atoms with E-state index >= 15 is 0 Å². The van der Waals surface area contributed by atoms with Gasteiger partial charge in [-0.3, -0.25) is 0 Å². The summed E-state index contributed by atoms with van der Waals surface area (Å²) in [5, 5.41) is 0. The maximum atomic E-state index is 13.6. The fraction of sp³-hybridized carbons (Fsp3) is 0.143. The smallest absolute Gasteiger partial charge is 0.131 e. The molecule has 0 N–H and O–H groups in total. The molecule has 0 aliphatic rings. The van der Waals surface area contributed by atoms with E-state index in [-0.39, 0.29) is 5.56 Å². The van der Waals surface area contributed by atoms with Crippen molar-refractivity contribution in [3.63, 3.8) is 0 Å². The van der Waals surface area contributed by atoms with Gasteiger partial charge in [-0.2, -0.15) is 0 Å². The first-order chi connectivity index (χ1) is 8.63. The van der Waals surface area contributed by atoms with Crippen molar-refractivity contribution in [2.24, 2.45) is 0 Å². The first-order valence-corrected chi connectivity index (χ1v) is 5.24. The monoisotopic (exact) mass is 249 g/mol. The van der Waals surface area contributed by atoms with Crippen LogP contribution in [-0.2, 0) is 0 Å². The Hall–Kier alpha value is -2.10. The van der Waals surface area contributed by atoms with Gasteiger partial charge in [-0.25, -0.2) is 8.78 Å². The summed E-state index contributed by atoms with van der Waals surface area (Å²) in [4.78, 5) is 0. The number of ether oxygens (including phenoxy) is 2. The predicted octanol–water partition coefficient (Wildman–Crippen LogP) is 3.45. The molecular weight excluding hydrogens is 238 g/mol. The van der Waals surface area contributed by atoms with Crippen LogP contribution in [0.1, 0.15) is 0 Å². The third-order valence-electron chi connectivity index (χ3n) is 2.53. The molecule has 0 atom stereocenters. The van der Waals surface area contributed by atoms with E-state index in [1.165, 1.54) is 14.2 Å². The van der Waals surface area contributed by atoms with E-state index in [1.807, 2.05) is 0 Å². The highest BCUT2D eigenvalue weighted by atomic mass is 19.1. The first-order valence-electron chi connectivity index (χ1n) is 5.24. The Labute approximate surface area is 104 Å². The molecule has 0 aliphatic carbocycles. The van der Waals surface area contributed by atoms with Crippen molar-refractivity contribution in [2.75, 3.05) is 14.2 Å². The van der Waals surface area contributed by atoms with Crippen molar-refractivity contribution in [3.8, 4) is 22.6 Å². The lowest BCUT2D eigenvalue weighted by Gasteiger charge is -2.09. The molecule has 0 saturated heterocycles. The summed E-state index contributed by atoms with van der Waals surface area (Å²) < 4.78 is 36.9. The van der Waals surface area contributed by atoms with Crippen molar-refractivity contribution >= 4 is 0 Å². The van der Waals surface area contributed by atoms with Crippen molar-refractivity contribution in [3.05, 3.63) is 48.0 Å². The van der Waals surface area contributed by atoms with Gasteiger partial charge < -0.3 is 9.47 Å². The van der Waals surface area contributed by atoms with E-state index in [4.69, 9.17) is 9.47 Å². The number of halogens is 2. The van der Waals surface area contributed by atoms with Gasteiger partial charge in [0.15, 0.2) is 0 Å². The molecule has 0 heterocycles. The summed E-state index contributed by atoms with van der Waals surface area (Å²) >= 11 is 0.